The summed E-state index contributed by atoms with van der Waals surface area (Å²) >= 11 is 0. The number of nitrogens with zero attached hydrogens (tertiary/aromatic N) is 1. The zero-order valence-corrected chi connectivity index (χ0v) is 38.7. The predicted octanol–water partition coefficient (Wildman–Crippen LogP) is 9.81. The van der Waals surface area contributed by atoms with E-state index < -0.39 is 18.3 Å². The third kappa shape index (κ3) is 8.82. The van der Waals surface area contributed by atoms with Gasteiger partial charge in [0, 0.05) is 42.6 Å². The summed E-state index contributed by atoms with van der Waals surface area (Å²) in [5.74, 6) is 4.23. The first-order chi connectivity index (χ1) is 30.9. The number of aliphatic hydroxyl groups excluding tert-OH is 2. The lowest BCUT2D eigenvalue weighted by molar-refractivity contribution is -0.0154. The van der Waals surface area contributed by atoms with Crippen LogP contribution in [0.15, 0.2) is 53.5 Å². The van der Waals surface area contributed by atoms with E-state index in [1.807, 2.05) is 24.3 Å². The number of hydrogen-bond donors (Lipinski definition) is 6. The Morgan fingerprint density at radius 3 is 2.47 bits per heavy atom. The first-order valence-electron chi connectivity index (χ1n) is 24.8. The van der Waals surface area contributed by atoms with Crippen LogP contribution >= 0.6 is 0 Å². The number of aliphatic hydroxyl groups is 2. The number of phenolic OH excluding ortho intramolecular Hbond substituents is 2. The molecular weight excluding hydrogens is 803 g/mol. The summed E-state index contributed by atoms with van der Waals surface area (Å²) in [6.45, 7) is 7.86. The van der Waals surface area contributed by atoms with Crippen LogP contribution in [0.3, 0.4) is 0 Å². The lowest BCUT2D eigenvalue weighted by Crippen LogP contribution is -2.45. The molecule has 12 rings (SSSR count). The molecule has 0 amide bonds. The van der Waals surface area contributed by atoms with E-state index in [0.29, 0.717) is 67.4 Å². The molecule has 0 saturated heterocycles. The van der Waals surface area contributed by atoms with Crippen molar-refractivity contribution in [2.24, 2.45) is 45.7 Å². The van der Waals surface area contributed by atoms with Crippen LogP contribution in [-0.2, 0) is 19.3 Å². The van der Waals surface area contributed by atoms with Crippen molar-refractivity contribution in [1.29, 1.82) is 0 Å². The minimum atomic E-state index is -0.863. The second kappa shape index (κ2) is 18.8. The summed E-state index contributed by atoms with van der Waals surface area (Å²) < 4.78 is 20.2. The highest BCUT2D eigenvalue weighted by atomic mass is 16.5. The number of methoxy groups -OCH3 is 1. The SMILES string of the molecule is CCC1CC2C=CC1CC(O)CCCN=C(N)NCCC1C(CCCC13CCCC3)Oc1cc(ccc1O)C1Oc3cc(OC)c4c(c3CC1O)C2Cc1cc(O)c(CC(C)C)cc1-4. The number of benzene rings is 3. The topological polar surface area (TPSA) is 159 Å². The molecule has 10 heteroatoms. The predicted molar refractivity (Wildman–Crippen MR) is 252 cm³/mol. The molecule has 2 saturated carbocycles. The van der Waals surface area contributed by atoms with E-state index in [-0.39, 0.29) is 40.9 Å². The molecule has 346 valence electrons. The van der Waals surface area contributed by atoms with E-state index in [1.54, 1.807) is 13.2 Å². The minimum absolute atomic E-state index is 0.0426. The van der Waals surface area contributed by atoms with Gasteiger partial charge in [0.15, 0.2) is 17.5 Å². The minimum Gasteiger partial charge on any atom is -0.508 e. The Kier molecular flexibility index (Phi) is 13.2. The van der Waals surface area contributed by atoms with Gasteiger partial charge in [0.05, 0.1) is 19.3 Å². The average molecular weight is 876 g/mol. The maximum absolute atomic E-state index is 12.3. The lowest BCUT2D eigenvalue weighted by Gasteiger charge is -2.46. The highest BCUT2D eigenvalue weighted by Gasteiger charge is 2.48. The van der Waals surface area contributed by atoms with Gasteiger partial charge < -0.3 is 45.7 Å². The zero-order valence-electron chi connectivity index (χ0n) is 38.7. The molecule has 0 aromatic heterocycles. The van der Waals surface area contributed by atoms with Crippen molar-refractivity contribution < 1.29 is 34.6 Å². The number of nitrogens with one attached hydrogen (secondary N) is 1. The van der Waals surface area contributed by atoms with Crippen LogP contribution in [0, 0.1) is 35.0 Å². The first-order valence-corrected chi connectivity index (χ1v) is 24.8. The third-order valence-corrected chi connectivity index (χ3v) is 16.3. The van der Waals surface area contributed by atoms with Gasteiger partial charge in [-0.2, -0.15) is 0 Å². The van der Waals surface area contributed by atoms with Crippen molar-refractivity contribution in [2.45, 2.75) is 154 Å². The summed E-state index contributed by atoms with van der Waals surface area (Å²) in [5.41, 5.74) is 13.7. The van der Waals surface area contributed by atoms with Crippen LogP contribution in [0.2, 0.25) is 0 Å². The largest absolute Gasteiger partial charge is 0.508 e. The number of fused-ring (bicyclic) bond motifs is 2. The number of aromatic hydroxyl groups is 2. The van der Waals surface area contributed by atoms with Gasteiger partial charge in [-0.3, -0.25) is 4.99 Å². The molecule has 9 atom stereocenters. The number of aliphatic imine (C=N–C) groups is 1. The Balaban J connectivity index is 1.13. The molecule has 8 bridgehead atoms. The highest BCUT2D eigenvalue weighted by Crippen LogP contribution is 2.57. The van der Waals surface area contributed by atoms with Crippen LogP contribution < -0.4 is 25.3 Å². The van der Waals surface area contributed by atoms with Crippen molar-refractivity contribution in [3.63, 3.8) is 0 Å². The molecule has 64 heavy (non-hydrogen) atoms. The van der Waals surface area contributed by atoms with Gasteiger partial charge in [0.1, 0.15) is 29.5 Å². The monoisotopic (exact) mass is 876 g/mol. The fraction of sp³-hybridized carbons (Fsp3) is 0.611. The second-order valence-electron chi connectivity index (χ2n) is 20.8. The quantitative estimate of drug-likeness (QED) is 0.140. The summed E-state index contributed by atoms with van der Waals surface area (Å²) in [6.07, 6.45) is 17.6. The van der Waals surface area contributed by atoms with Crippen LogP contribution in [0.4, 0.5) is 0 Å². The van der Waals surface area contributed by atoms with Crippen LogP contribution in [-0.4, -0.2) is 64.9 Å². The standard InChI is InChI=1S/C54H73N3O7/c1-5-32-23-34-13-12-33(32)24-38(58)10-9-20-56-53(55)57-21-16-42-46(11-8-19-54(42)17-6-7-18-54)63-48-28-35(14-15-43(48)59)52-45(61)29-41-47(64-52)30-49(62-4)51-40-26-37(22-31(2)3)44(60)27-36(40)25-39(34)50(41)51/h12-15,26-28,30-34,38-39,42,45-46,52,58-61H,5-11,16-25,29H2,1-4H3,(H3,55,56,57). The number of ether oxygens (including phenoxy) is 3. The molecule has 5 heterocycles. The van der Waals surface area contributed by atoms with Crippen molar-refractivity contribution in [1.82, 2.24) is 5.32 Å². The number of rotatable bonds is 4. The van der Waals surface area contributed by atoms with E-state index in [0.717, 1.165) is 96.1 Å². The molecule has 9 aliphatic rings. The molecule has 4 aliphatic carbocycles. The van der Waals surface area contributed by atoms with Gasteiger partial charge in [-0.1, -0.05) is 58.3 Å². The van der Waals surface area contributed by atoms with Crippen LogP contribution in [0.1, 0.15) is 144 Å². The molecular formula is C54H73N3O7. The van der Waals surface area contributed by atoms with E-state index in [1.165, 1.54) is 32.1 Å². The number of allylic oxidation sites excluding steroid dienone is 2. The Morgan fingerprint density at radius 1 is 0.891 bits per heavy atom. The van der Waals surface area contributed by atoms with Gasteiger partial charge in [-0.25, -0.2) is 0 Å². The summed E-state index contributed by atoms with van der Waals surface area (Å²) in [7, 11) is 1.72. The van der Waals surface area contributed by atoms with Gasteiger partial charge in [-0.05, 0) is 164 Å². The zero-order chi connectivity index (χ0) is 44.7. The normalized spacial score (nSPS) is 30.2. The Hall–Kier alpha value is -4.41. The number of hydrogen-bond acceptors (Lipinski definition) is 10. The van der Waals surface area contributed by atoms with Crippen LogP contribution in [0.5, 0.6) is 28.7 Å². The van der Waals surface area contributed by atoms with Gasteiger partial charge in [0.25, 0.3) is 0 Å². The number of guanidine groups is 1. The summed E-state index contributed by atoms with van der Waals surface area (Å²) in [5, 5.41) is 49.8. The molecule has 10 nitrogen and oxygen atoms in total. The van der Waals surface area contributed by atoms with Crippen LogP contribution in [0.25, 0.3) is 11.1 Å². The fourth-order valence-electron chi connectivity index (χ4n) is 13.3. The molecule has 5 aliphatic heterocycles. The molecule has 9 unspecified atom stereocenters. The maximum Gasteiger partial charge on any atom is 0.188 e. The van der Waals surface area contributed by atoms with Crippen molar-refractivity contribution in [2.75, 3.05) is 20.2 Å². The second-order valence-corrected chi connectivity index (χ2v) is 20.8. The number of nitrogens with two attached hydrogens (primary N) is 1. The summed E-state index contributed by atoms with van der Waals surface area (Å²) in [6, 6.07) is 11.6. The molecule has 1 spiro atoms. The molecule has 7 N–H and O–H groups in total. The van der Waals surface area contributed by atoms with Gasteiger partial charge in [0.2, 0.25) is 0 Å². The smallest absolute Gasteiger partial charge is 0.188 e. The third-order valence-electron chi connectivity index (χ3n) is 16.3. The van der Waals surface area contributed by atoms with Crippen molar-refractivity contribution >= 4 is 5.96 Å². The fourth-order valence-corrected chi connectivity index (χ4v) is 13.3. The average Bonchev–Trinajstić information content (AvgIpc) is 3.74. The lowest BCUT2D eigenvalue weighted by atomic mass is 9.62. The summed E-state index contributed by atoms with van der Waals surface area (Å²) in [4.78, 5) is 4.66. The van der Waals surface area contributed by atoms with E-state index in [4.69, 9.17) is 19.9 Å². The van der Waals surface area contributed by atoms with E-state index in [9.17, 15) is 20.4 Å². The maximum atomic E-state index is 12.3. The number of phenols is 2. The Labute approximate surface area is 380 Å². The van der Waals surface area contributed by atoms with Crippen molar-refractivity contribution in [3.8, 4) is 39.9 Å². The Morgan fingerprint density at radius 2 is 1.69 bits per heavy atom. The molecule has 0 radical (unpaired) electrons. The van der Waals surface area contributed by atoms with E-state index in [2.05, 4.69) is 49.3 Å². The molecule has 2 fully saturated rings. The highest BCUT2D eigenvalue weighted by molar-refractivity contribution is 5.84. The van der Waals surface area contributed by atoms with Gasteiger partial charge >= 0.3 is 0 Å². The van der Waals surface area contributed by atoms with Gasteiger partial charge in [-0.15, -0.1) is 0 Å². The van der Waals surface area contributed by atoms with Crippen molar-refractivity contribution in [3.05, 3.63) is 76.4 Å². The van der Waals surface area contributed by atoms with E-state index >= 15 is 0 Å². The molecule has 3 aromatic carbocycles. The first kappa shape index (κ1) is 44.8. The Bertz CT molecular complexity index is 2210. The molecule has 3 aromatic rings.